The normalized spacial score (nSPS) is 11.9. The second-order valence-electron chi connectivity index (χ2n) is 4.86. The van der Waals surface area contributed by atoms with Crippen LogP contribution in [0, 0.1) is 0 Å². The van der Waals surface area contributed by atoms with Crippen LogP contribution in [0.1, 0.15) is 37.9 Å². The molecule has 0 bridgehead atoms. The molecule has 0 saturated heterocycles. The van der Waals surface area contributed by atoms with Crippen molar-refractivity contribution in [3.63, 3.8) is 0 Å². The molecule has 0 spiro atoms. The maximum atomic E-state index is 4.38. The van der Waals surface area contributed by atoms with Crippen LogP contribution in [0.4, 0.5) is 0 Å². The molecule has 18 heavy (non-hydrogen) atoms. The van der Waals surface area contributed by atoms with E-state index in [9.17, 15) is 0 Å². The van der Waals surface area contributed by atoms with Crippen molar-refractivity contribution in [2.45, 2.75) is 45.8 Å². The molecule has 0 aliphatic rings. The number of hydrogen-bond donors (Lipinski definition) is 1. The van der Waals surface area contributed by atoms with Gasteiger partial charge in [0.05, 0.1) is 11.2 Å². The average Bonchev–Trinajstić information content (AvgIpc) is 2.98. The maximum absolute atomic E-state index is 4.38. The highest BCUT2D eigenvalue weighted by Gasteiger charge is 2.22. The van der Waals surface area contributed by atoms with Crippen molar-refractivity contribution in [1.29, 1.82) is 0 Å². The fourth-order valence-corrected chi connectivity index (χ4v) is 2.58. The maximum Gasteiger partial charge on any atom is 0.112 e. The summed E-state index contributed by atoms with van der Waals surface area (Å²) in [5, 5.41) is 11.0. The SMILES string of the molecule is CCCn1nccc1CNC(C)(C)c1nccs1. The first-order valence-corrected chi connectivity index (χ1v) is 7.17. The first-order chi connectivity index (χ1) is 8.63. The van der Waals surface area contributed by atoms with Crippen molar-refractivity contribution in [3.8, 4) is 0 Å². The highest BCUT2D eigenvalue weighted by Crippen LogP contribution is 2.22. The molecule has 0 aliphatic carbocycles. The van der Waals surface area contributed by atoms with Crippen LogP contribution in [0.15, 0.2) is 23.8 Å². The van der Waals surface area contributed by atoms with E-state index in [-0.39, 0.29) is 5.54 Å². The summed E-state index contributed by atoms with van der Waals surface area (Å²) in [6.45, 7) is 8.27. The minimum absolute atomic E-state index is 0.102. The molecular weight excluding hydrogens is 244 g/mol. The number of aromatic nitrogens is 3. The molecule has 0 aliphatic heterocycles. The molecule has 2 rings (SSSR count). The molecule has 0 fully saturated rings. The van der Waals surface area contributed by atoms with Gasteiger partial charge in [-0.3, -0.25) is 4.68 Å². The summed E-state index contributed by atoms with van der Waals surface area (Å²) in [5.41, 5.74) is 1.12. The summed E-state index contributed by atoms with van der Waals surface area (Å²) in [6, 6.07) is 2.07. The Morgan fingerprint density at radius 1 is 1.39 bits per heavy atom. The van der Waals surface area contributed by atoms with Crippen LogP contribution in [-0.2, 0) is 18.6 Å². The minimum atomic E-state index is -0.102. The topological polar surface area (TPSA) is 42.7 Å². The van der Waals surface area contributed by atoms with Gasteiger partial charge in [-0.05, 0) is 26.3 Å². The third-order valence-corrected chi connectivity index (χ3v) is 4.02. The van der Waals surface area contributed by atoms with E-state index in [1.807, 2.05) is 17.8 Å². The monoisotopic (exact) mass is 264 g/mol. The molecule has 0 atom stereocenters. The van der Waals surface area contributed by atoms with Crippen molar-refractivity contribution >= 4 is 11.3 Å². The molecule has 0 unspecified atom stereocenters. The standard InChI is InChI=1S/C13H20N4S/c1-4-8-17-11(5-6-16-17)10-15-13(2,3)12-14-7-9-18-12/h5-7,9,15H,4,8,10H2,1-3H3. The molecule has 0 aromatic carbocycles. The molecule has 2 aromatic heterocycles. The first kappa shape index (κ1) is 13.2. The Bertz CT molecular complexity index is 473. The lowest BCUT2D eigenvalue weighted by Gasteiger charge is -2.24. The Morgan fingerprint density at radius 2 is 2.22 bits per heavy atom. The van der Waals surface area contributed by atoms with Crippen LogP contribution in [0.3, 0.4) is 0 Å². The van der Waals surface area contributed by atoms with Gasteiger partial charge in [0.2, 0.25) is 0 Å². The van der Waals surface area contributed by atoms with E-state index in [1.54, 1.807) is 11.3 Å². The van der Waals surface area contributed by atoms with Crippen molar-refractivity contribution < 1.29 is 0 Å². The molecule has 1 N–H and O–H groups in total. The summed E-state index contributed by atoms with van der Waals surface area (Å²) in [5.74, 6) is 0. The van der Waals surface area contributed by atoms with Crippen LogP contribution >= 0.6 is 11.3 Å². The number of hydrogen-bond acceptors (Lipinski definition) is 4. The van der Waals surface area contributed by atoms with E-state index < -0.39 is 0 Å². The van der Waals surface area contributed by atoms with Gasteiger partial charge in [-0.2, -0.15) is 5.10 Å². The minimum Gasteiger partial charge on any atom is -0.300 e. The summed E-state index contributed by atoms with van der Waals surface area (Å²) < 4.78 is 2.06. The van der Waals surface area contributed by atoms with E-state index in [0.29, 0.717) is 0 Å². The molecule has 2 heterocycles. The third-order valence-electron chi connectivity index (χ3n) is 2.92. The summed E-state index contributed by atoms with van der Waals surface area (Å²) in [6.07, 6.45) is 4.82. The van der Waals surface area contributed by atoms with E-state index in [4.69, 9.17) is 0 Å². The molecule has 4 nitrogen and oxygen atoms in total. The van der Waals surface area contributed by atoms with Gasteiger partial charge in [0.1, 0.15) is 5.01 Å². The van der Waals surface area contributed by atoms with Gasteiger partial charge >= 0.3 is 0 Å². The molecule has 5 heteroatoms. The average molecular weight is 264 g/mol. The first-order valence-electron chi connectivity index (χ1n) is 6.29. The quantitative estimate of drug-likeness (QED) is 0.872. The number of aryl methyl sites for hydroxylation is 1. The van der Waals surface area contributed by atoms with Gasteiger partial charge in [-0.1, -0.05) is 6.92 Å². The Hall–Kier alpha value is -1.20. The van der Waals surface area contributed by atoms with Crippen molar-refractivity contribution in [2.24, 2.45) is 0 Å². The molecule has 0 radical (unpaired) electrons. The Labute approximate surface area is 112 Å². The van der Waals surface area contributed by atoms with Gasteiger partial charge in [-0.15, -0.1) is 11.3 Å². The van der Waals surface area contributed by atoms with Gasteiger partial charge in [0, 0.05) is 30.9 Å². The smallest absolute Gasteiger partial charge is 0.112 e. The number of rotatable bonds is 6. The van der Waals surface area contributed by atoms with Crippen LogP contribution in [-0.4, -0.2) is 14.8 Å². The summed E-state index contributed by atoms with van der Waals surface area (Å²) >= 11 is 1.69. The van der Waals surface area contributed by atoms with Gasteiger partial charge in [-0.25, -0.2) is 4.98 Å². The van der Waals surface area contributed by atoms with Crippen molar-refractivity contribution in [3.05, 3.63) is 34.5 Å². The van der Waals surface area contributed by atoms with E-state index in [2.05, 4.69) is 46.9 Å². The van der Waals surface area contributed by atoms with E-state index >= 15 is 0 Å². The largest absolute Gasteiger partial charge is 0.300 e. The zero-order chi connectivity index (χ0) is 13.0. The highest BCUT2D eigenvalue weighted by atomic mass is 32.1. The molecular formula is C13H20N4S. The fraction of sp³-hybridized carbons (Fsp3) is 0.538. The van der Waals surface area contributed by atoms with E-state index in [1.165, 1.54) is 5.69 Å². The second kappa shape index (κ2) is 5.63. The summed E-state index contributed by atoms with van der Waals surface area (Å²) in [7, 11) is 0. The fourth-order valence-electron chi connectivity index (χ4n) is 1.84. The number of thiazole rings is 1. The molecule has 98 valence electrons. The van der Waals surface area contributed by atoms with Gasteiger partial charge < -0.3 is 5.32 Å². The van der Waals surface area contributed by atoms with Crippen molar-refractivity contribution in [1.82, 2.24) is 20.1 Å². The van der Waals surface area contributed by atoms with Gasteiger partial charge in [0.15, 0.2) is 0 Å². The molecule has 2 aromatic rings. The lowest BCUT2D eigenvalue weighted by atomic mass is 10.1. The summed E-state index contributed by atoms with van der Waals surface area (Å²) in [4.78, 5) is 4.38. The predicted molar refractivity (Wildman–Crippen MR) is 74.5 cm³/mol. The lowest BCUT2D eigenvalue weighted by molar-refractivity contribution is 0.388. The zero-order valence-electron chi connectivity index (χ0n) is 11.2. The molecule has 0 amide bonds. The van der Waals surface area contributed by atoms with Crippen LogP contribution in [0.25, 0.3) is 0 Å². The third kappa shape index (κ3) is 2.97. The van der Waals surface area contributed by atoms with Crippen molar-refractivity contribution in [2.75, 3.05) is 0 Å². The Morgan fingerprint density at radius 3 is 2.89 bits per heavy atom. The van der Waals surface area contributed by atoms with Crippen LogP contribution in [0.2, 0.25) is 0 Å². The number of nitrogens with zero attached hydrogens (tertiary/aromatic N) is 3. The zero-order valence-corrected chi connectivity index (χ0v) is 12.0. The van der Waals surface area contributed by atoms with E-state index in [0.717, 1.165) is 24.5 Å². The van der Waals surface area contributed by atoms with Gasteiger partial charge in [0.25, 0.3) is 0 Å². The Balaban J connectivity index is 2.00. The van der Waals surface area contributed by atoms with Crippen LogP contribution < -0.4 is 5.32 Å². The molecule has 0 saturated carbocycles. The number of nitrogens with one attached hydrogen (secondary N) is 1. The predicted octanol–water partition coefficient (Wildman–Crippen LogP) is 2.77. The highest BCUT2D eigenvalue weighted by molar-refractivity contribution is 7.09. The Kier molecular flexibility index (Phi) is 4.14. The lowest BCUT2D eigenvalue weighted by Crippen LogP contribution is -2.36. The van der Waals surface area contributed by atoms with Crippen LogP contribution in [0.5, 0.6) is 0 Å². The second-order valence-corrected chi connectivity index (χ2v) is 5.76.